The minimum absolute atomic E-state index is 0. The van der Waals surface area contributed by atoms with Gasteiger partial charge in [-0.1, -0.05) is 91.0 Å². The molecular weight excluding hydrogens is 270 g/mol. The minimum Gasteiger partial charge on any atom is -1.00 e. The first-order valence-electron chi connectivity index (χ1n) is 6.27. The van der Waals surface area contributed by atoms with Crippen LogP contribution in [0.5, 0.6) is 0 Å². The first-order chi connectivity index (χ1) is 9.36. The molecule has 0 aliphatic carbocycles. The van der Waals surface area contributed by atoms with Crippen molar-refractivity contribution in [2.24, 2.45) is 0 Å². The molecule has 1 unspecified atom stereocenters. The first-order valence-corrected chi connectivity index (χ1v) is 6.85. The van der Waals surface area contributed by atoms with Crippen LogP contribution in [0, 0.1) is 0 Å². The molecule has 3 aromatic carbocycles. The summed E-state index contributed by atoms with van der Waals surface area (Å²) in [4.78, 5) is 0. The monoisotopic (exact) mass is 288 g/mol. The van der Waals surface area contributed by atoms with Gasteiger partial charge in [0.1, 0.15) is 0 Å². The Morgan fingerprint density at radius 1 is 0.500 bits per heavy atom. The van der Waals surface area contributed by atoms with Crippen LogP contribution in [0.25, 0.3) is 11.1 Å². The third-order valence-electron chi connectivity index (χ3n) is 2.68. The molecule has 0 spiro atoms. The number of rotatable bonds is 1. The molecule has 0 heterocycles. The van der Waals surface area contributed by atoms with Crippen molar-refractivity contribution in [3.63, 3.8) is 0 Å². The van der Waals surface area contributed by atoms with Gasteiger partial charge in [0.25, 0.3) is 0 Å². The third-order valence-corrected chi connectivity index (χ3v) is 3.07. The van der Waals surface area contributed by atoms with Crippen LogP contribution in [-0.4, -0.2) is 0 Å². The molecule has 1 atom stereocenters. The molecule has 3 rings (SSSR count). The average Bonchev–Trinajstić information content (AvgIpc) is 2.51. The van der Waals surface area contributed by atoms with E-state index in [1.54, 1.807) is 0 Å². The first kappa shape index (κ1) is 17.1. The molecule has 2 heteroatoms. The van der Waals surface area contributed by atoms with Gasteiger partial charge in [-0.05, 0) is 16.4 Å². The van der Waals surface area contributed by atoms with Gasteiger partial charge in [0.05, 0.1) is 0 Å². The molecule has 0 radical (unpaired) electrons. The van der Waals surface area contributed by atoms with E-state index < -0.39 is 0 Å². The van der Waals surface area contributed by atoms with Crippen molar-refractivity contribution in [3.05, 3.63) is 91.0 Å². The van der Waals surface area contributed by atoms with Crippen molar-refractivity contribution in [1.29, 1.82) is 0 Å². The van der Waals surface area contributed by atoms with Crippen molar-refractivity contribution >= 4 is 14.5 Å². The zero-order chi connectivity index (χ0) is 13.3. The zero-order valence-electron chi connectivity index (χ0n) is 12.7. The van der Waals surface area contributed by atoms with Gasteiger partial charge >= 0.3 is 29.6 Å². The summed E-state index contributed by atoms with van der Waals surface area (Å²) < 4.78 is 0. The smallest absolute Gasteiger partial charge is 1.00 e. The number of hydrogen-bond acceptors (Lipinski definition) is 0. The maximum Gasteiger partial charge on any atom is 1.00 e. The van der Waals surface area contributed by atoms with Crippen molar-refractivity contribution < 1.29 is 31.0 Å². The second-order valence-electron chi connectivity index (χ2n) is 4.14. The van der Waals surface area contributed by atoms with Crippen LogP contribution in [0.1, 0.15) is 1.43 Å². The summed E-state index contributed by atoms with van der Waals surface area (Å²) >= 11 is 0. The van der Waals surface area contributed by atoms with Crippen LogP contribution in [0.15, 0.2) is 91.0 Å². The fraction of sp³-hybridized carbons (Fsp3) is 0. The van der Waals surface area contributed by atoms with Gasteiger partial charge in [0, 0.05) is 0 Å². The second-order valence-corrected chi connectivity index (χ2v) is 4.81. The Balaban J connectivity index is 0.000000389. The average molecular weight is 288 g/mol. The molecule has 0 aliphatic rings. The zero-order valence-corrected chi connectivity index (χ0v) is 14.9. The molecule has 0 N–H and O–H groups in total. The maximum absolute atomic E-state index is 2.63. The van der Waals surface area contributed by atoms with E-state index >= 15 is 0 Å². The van der Waals surface area contributed by atoms with Crippen molar-refractivity contribution in [2.45, 2.75) is 0 Å². The quantitative estimate of drug-likeness (QED) is 0.472. The molecule has 0 bridgehead atoms. The van der Waals surface area contributed by atoms with Gasteiger partial charge in [0.15, 0.2) is 0 Å². The molecule has 0 amide bonds. The van der Waals surface area contributed by atoms with Gasteiger partial charge < -0.3 is 1.43 Å². The summed E-state index contributed by atoms with van der Waals surface area (Å²) in [7, 11) is 2.63. The largest absolute Gasteiger partial charge is 1.00 e. The van der Waals surface area contributed by atoms with E-state index in [-0.39, 0.29) is 31.0 Å². The van der Waals surface area contributed by atoms with E-state index in [1.165, 1.54) is 16.4 Å². The van der Waals surface area contributed by atoms with Gasteiger partial charge in [-0.15, -0.1) is 9.24 Å². The van der Waals surface area contributed by atoms with Crippen LogP contribution in [0.3, 0.4) is 0 Å². The van der Waals surface area contributed by atoms with Gasteiger partial charge in [-0.25, -0.2) is 0 Å². The Kier molecular flexibility index (Phi) is 8.49. The van der Waals surface area contributed by atoms with Gasteiger partial charge in [-0.3, -0.25) is 0 Å². The molecule has 0 aromatic heterocycles. The van der Waals surface area contributed by atoms with Gasteiger partial charge in [-0.2, -0.15) is 0 Å². The summed E-state index contributed by atoms with van der Waals surface area (Å²) in [5.74, 6) is 0. The van der Waals surface area contributed by atoms with E-state index in [2.05, 4.69) is 57.8 Å². The van der Waals surface area contributed by atoms with E-state index in [0.29, 0.717) is 0 Å². The molecule has 0 saturated heterocycles. The minimum atomic E-state index is 0. The van der Waals surface area contributed by atoms with Crippen LogP contribution in [0.4, 0.5) is 0 Å². The fourth-order valence-corrected chi connectivity index (χ4v) is 1.94. The molecular formula is C18H18NaP. The van der Waals surface area contributed by atoms with E-state index in [0.717, 1.165) is 0 Å². The predicted octanol–water partition coefficient (Wildman–Crippen LogP) is 1.66. The molecule has 0 aliphatic heterocycles. The summed E-state index contributed by atoms with van der Waals surface area (Å²) in [6.07, 6.45) is 0. The predicted molar refractivity (Wildman–Crippen MR) is 88.8 cm³/mol. The Labute approximate surface area is 147 Å². The summed E-state index contributed by atoms with van der Waals surface area (Å²) in [5.41, 5.74) is 2.55. The molecule has 20 heavy (non-hydrogen) atoms. The van der Waals surface area contributed by atoms with Crippen molar-refractivity contribution in [1.82, 2.24) is 0 Å². The second kappa shape index (κ2) is 9.91. The van der Waals surface area contributed by atoms with Crippen molar-refractivity contribution in [2.75, 3.05) is 0 Å². The van der Waals surface area contributed by atoms with Crippen molar-refractivity contribution in [3.8, 4) is 11.1 Å². The number of benzene rings is 3. The normalized spacial score (nSPS) is 8.85. The summed E-state index contributed by atoms with van der Waals surface area (Å²) in [6, 6.07) is 30.9. The van der Waals surface area contributed by atoms with E-state index in [1.807, 2.05) is 42.5 Å². The summed E-state index contributed by atoms with van der Waals surface area (Å²) in [5, 5.41) is 1.24. The van der Waals surface area contributed by atoms with Crippen LogP contribution in [0.2, 0.25) is 0 Å². The molecule has 0 nitrogen and oxygen atoms in total. The van der Waals surface area contributed by atoms with E-state index in [4.69, 9.17) is 0 Å². The molecule has 3 aromatic rings. The topological polar surface area (TPSA) is 0 Å². The Hall–Kier alpha value is -0.910. The van der Waals surface area contributed by atoms with Gasteiger partial charge in [0.2, 0.25) is 0 Å². The molecule has 0 saturated carbocycles. The maximum atomic E-state index is 2.63. The Bertz CT molecular complexity index is 548. The Morgan fingerprint density at radius 2 is 0.800 bits per heavy atom. The van der Waals surface area contributed by atoms with E-state index in [9.17, 15) is 0 Å². The standard InChI is InChI=1S/C12H10.C6H7P.Na.H/c1-3-7-11(8-4-1)12-9-5-2-6-10-12;7-6-4-2-1-3-5-6;;/h1-10H;1-5H,7H2;;/q;;+1;-1. The molecule has 96 valence electrons. The Morgan fingerprint density at radius 3 is 1.05 bits per heavy atom. The SMILES string of the molecule is Pc1ccccc1.[H-].[Na+].c1ccc(-c2ccccc2)cc1. The van der Waals surface area contributed by atoms with Crippen LogP contribution in [-0.2, 0) is 0 Å². The fourth-order valence-electron chi connectivity index (χ4n) is 1.71. The third kappa shape index (κ3) is 6.03. The van der Waals surface area contributed by atoms with Crippen LogP contribution < -0.4 is 34.9 Å². The number of hydrogen-bond donors (Lipinski definition) is 0. The molecule has 0 fully saturated rings. The summed E-state index contributed by atoms with van der Waals surface area (Å²) in [6.45, 7) is 0. The van der Waals surface area contributed by atoms with Crippen LogP contribution >= 0.6 is 9.24 Å².